The Morgan fingerprint density at radius 1 is 1.00 bits per heavy atom. The third-order valence-electron chi connectivity index (χ3n) is 6.84. The first kappa shape index (κ1) is 24.7. The van der Waals surface area contributed by atoms with Crippen LogP contribution in [-0.4, -0.2) is 35.1 Å². The molecule has 2 unspecified atom stereocenters. The van der Waals surface area contributed by atoms with Crippen molar-refractivity contribution in [1.29, 1.82) is 0 Å². The van der Waals surface area contributed by atoms with Crippen LogP contribution in [0.5, 0.6) is 0 Å². The van der Waals surface area contributed by atoms with Crippen LogP contribution in [0.25, 0.3) is 0 Å². The largest absolute Gasteiger partial charge is 0.347 e. The van der Waals surface area contributed by atoms with E-state index in [9.17, 15) is 14.4 Å². The number of ketones is 1. The summed E-state index contributed by atoms with van der Waals surface area (Å²) in [6.07, 6.45) is 4.42. The highest BCUT2D eigenvalue weighted by Gasteiger charge is 2.40. The number of Topliss-reactive ketones (excluding diaryl/α,β-unsaturated/α-hetero) is 1. The van der Waals surface area contributed by atoms with Gasteiger partial charge in [-0.2, -0.15) is 0 Å². The first-order chi connectivity index (χ1) is 15.8. The molecule has 2 amide bonds. The number of aryl methyl sites for hydroxylation is 1. The molecule has 1 heterocycles. The molecule has 0 aliphatic carbocycles. The summed E-state index contributed by atoms with van der Waals surface area (Å²) < 4.78 is 0. The molecule has 0 bridgehead atoms. The lowest BCUT2D eigenvalue weighted by atomic mass is 9.84. The summed E-state index contributed by atoms with van der Waals surface area (Å²) in [4.78, 5) is 40.9. The van der Waals surface area contributed by atoms with E-state index in [0.717, 1.165) is 31.2 Å². The van der Waals surface area contributed by atoms with E-state index in [1.54, 1.807) is 13.8 Å². The zero-order valence-electron chi connectivity index (χ0n) is 20.0. The zero-order valence-corrected chi connectivity index (χ0v) is 20.0. The molecule has 0 aromatic heterocycles. The molecule has 1 aliphatic rings. The molecule has 2 aromatic rings. The highest BCUT2D eigenvalue weighted by molar-refractivity contribution is 6.38. The first-order valence-corrected chi connectivity index (χ1v) is 12.1. The van der Waals surface area contributed by atoms with Crippen molar-refractivity contribution < 1.29 is 14.4 Å². The van der Waals surface area contributed by atoms with Gasteiger partial charge in [0.15, 0.2) is 0 Å². The van der Waals surface area contributed by atoms with Gasteiger partial charge in [-0.3, -0.25) is 14.4 Å². The monoisotopic (exact) mass is 448 g/mol. The third-order valence-corrected chi connectivity index (χ3v) is 6.84. The highest BCUT2D eigenvalue weighted by Crippen LogP contribution is 2.26. The van der Waals surface area contributed by atoms with Crippen molar-refractivity contribution >= 4 is 17.6 Å². The smallest absolute Gasteiger partial charge is 0.291 e. The van der Waals surface area contributed by atoms with Crippen LogP contribution in [-0.2, 0) is 20.8 Å². The Morgan fingerprint density at radius 3 is 2.27 bits per heavy atom. The van der Waals surface area contributed by atoms with Crippen LogP contribution in [0.4, 0.5) is 0 Å². The number of nitrogens with zero attached hydrogens (tertiary/aromatic N) is 1. The minimum absolute atomic E-state index is 0.166. The van der Waals surface area contributed by atoms with Gasteiger partial charge in [0, 0.05) is 12.0 Å². The van der Waals surface area contributed by atoms with Crippen LogP contribution < -0.4 is 5.32 Å². The molecule has 0 saturated carbocycles. The topological polar surface area (TPSA) is 66.5 Å². The first-order valence-electron chi connectivity index (χ1n) is 12.1. The van der Waals surface area contributed by atoms with E-state index in [-0.39, 0.29) is 11.9 Å². The number of benzene rings is 2. The third kappa shape index (κ3) is 6.31. The Kier molecular flexibility index (Phi) is 8.43. The molecule has 33 heavy (non-hydrogen) atoms. The maximum Gasteiger partial charge on any atom is 0.291 e. The zero-order chi connectivity index (χ0) is 23.8. The number of piperidine rings is 1. The molecule has 3 rings (SSSR count). The minimum Gasteiger partial charge on any atom is -0.347 e. The van der Waals surface area contributed by atoms with Crippen molar-refractivity contribution in [3.05, 3.63) is 71.8 Å². The molecule has 5 heteroatoms. The Morgan fingerprint density at radius 2 is 1.64 bits per heavy atom. The fraction of sp³-hybridized carbons (Fsp3) is 0.464. The number of rotatable bonds is 9. The minimum atomic E-state index is -0.724. The number of likely N-dealkylation sites (tertiary alicyclic amines) is 1. The van der Waals surface area contributed by atoms with Gasteiger partial charge in [-0.1, -0.05) is 81.4 Å². The summed E-state index contributed by atoms with van der Waals surface area (Å²) in [7, 11) is 0. The van der Waals surface area contributed by atoms with Gasteiger partial charge >= 0.3 is 0 Å². The van der Waals surface area contributed by atoms with Gasteiger partial charge in [0.1, 0.15) is 6.04 Å². The van der Waals surface area contributed by atoms with Gasteiger partial charge in [-0.15, -0.1) is 0 Å². The van der Waals surface area contributed by atoms with Gasteiger partial charge in [0.25, 0.3) is 5.91 Å². The summed E-state index contributed by atoms with van der Waals surface area (Å²) in [5.41, 5.74) is 1.53. The summed E-state index contributed by atoms with van der Waals surface area (Å²) in [5.74, 6) is -1.11. The maximum absolute atomic E-state index is 13.4. The quantitative estimate of drug-likeness (QED) is 0.557. The predicted octanol–water partition coefficient (Wildman–Crippen LogP) is 4.86. The van der Waals surface area contributed by atoms with Crippen molar-refractivity contribution in [2.45, 2.75) is 71.4 Å². The molecule has 0 radical (unpaired) electrons. The van der Waals surface area contributed by atoms with Gasteiger partial charge in [0.05, 0.1) is 6.04 Å². The molecule has 1 saturated heterocycles. The van der Waals surface area contributed by atoms with Gasteiger partial charge in [-0.25, -0.2) is 0 Å². The van der Waals surface area contributed by atoms with Gasteiger partial charge in [-0.05, 0) is 49.7 Å². The second kappa shape index (κ2) is 11.3. The van der Waals surface area contributed by atoms with Crippen LogP contribution in [0.2, 0.25) is 0 Å². The van der Waals surface area contributed by atoms with Gasteiger partial charge < -0.3 is 10.2 Å². The van der Waals surface area contributed by atoms with Crippen LogP contribution in [0.1, 0.15) is 70.0 Å². The van der Waals surface area contributed by atoms with Gasteiger partial charge in [0.2, 0.25) is 11.7 Å². The number of hydrogen-bond acceptors (Lipinski definition) is 3. The van der Waals surface area contributed by atoms with E-state index in [4.69, 9.17) is 0 Å². The normalized spacial score (nSPS) is 17.3. The summed E-state index contributed by atoms with van der Waals surface area (Å²) >= 11 is 0. The fourth-order valence-electron chi connectivity index (χ4n) is 4.26. The summed E-state index contributed by atoms with van der Waals surface area (Å²) in [6, 6.07) is 19.4. The van der Waals surface area contributed by atoms with Crippen molar-refractivity contribution in [2.75, 3.05) is 6.54 Å². The average molecular weight is 449 g/mol. The molecule has 2 atom stereocenters. The number of carbonyl (C=O) groups is 3. The lowest BCUT2D eigenvalue weighted by Gasteiger charge is -2.36. The molecule has 2 aromatic carbocycles. The van der Waals surface area contributed by atoms with E-state index >= 15 is 0 Å². The number of amides is 2. The maximum atomic E-state index is 13.4. The number of hydrogen-bond donors (Lipinski definition) is 1. The fourth-order valence-corrected chi connectivity index (χ4v) is 4.26. The Labute approximate surface area is 197 Å². The van der Waals surface area contributed by atoms with E-state index < -0.39 is 23.1 Å². The molecule has 1 aliphatic heterocycles. The second-order valence-electron chi connectivity index (χ2n) is 9.57. The standard InChI is InChI=1S/C28H36N2O3/c1-4-28(2,3)25(31)27(33)30-20-12-11-17-24(30)26(32)29-23(22-15-9-6-10-16-22)19-18-21-13-7-5-8-14-21/h5-10,13-16,23-24H,4,11-12,17-20H2,1-3H3,(H,29,32). The van der Waals surface area contributed by atoms with Crippen LogP contribution >= 0.6 is 0 Å². The lowest BCUT2D eigenvalue weighted by molar-refractivity contribution is -0.154. The average Bonchev–Trinajstić information content (AvgIpc) is 2.86. The van der Waals surface area contributed by atoms with Crippen LogP contribution in [0.15, 0.2) is 60.7 Å². The lowest BCUT2D eigenvalue weighted by Crippen LogP contribution is -2.55. The van der Waals surface area contributed by atoms with E-state index in [2.05, 4.69) is 17.4 Å². The molecule has 1 fully saturated rings. The van der Waals surface area contributed by atoms with E-state index in [1.165, 1.54) is 10.5 Å². The molecule has 176 valence electrons. The Bertz CT molecular complexity index is 940. The van der Waals surface area contributed by atoms with Crippen molar-refractivity contribution in [3.63, 3.8) is 0 Å². The highest BCUT2D eigenvalue weighted by atomic mass is 16.2. The van der Waals surface area contributed by atoms with Crippen molar-refractivity contribution in [3.8, 4) is 0 Å². The SMILES string of the molecule is CCC(C)(C)C(=O)C(=O)N1CCCCC1C(=O)NC(CCc1ccccc1)c1ccccc1. The molecular formula is C28H36N2O3. The van der Waals surface area contributed by atoms with Crippen LogP contribution in [0, 0.1) is 5.41 Å². The second-order valence-corrected chi connectivity index (χ2v) is 9.57. The number of carbonyl (C=O) groups excluding carboxylic acids is 3. The summed E-state index contributed by atoms with van der Waals surface area (Å²) in [6.45, 7) is 5.94. The molecule has 1 N–H and O–H groups in total. The Balaban J connectivity index is 1.76. The van der Waals surface area contributed by atoms with Crippen molar-refractivity contribution in [2.24, 2.45) is 5.41 Å². The van der Waals surface area contributed by atoms with E-state index in [0.29, 0.717) is 19.4 Å². The van der Waals surface area contributed by atoms with E-state index in [1.807, 2.05) is 55.5 Å². The predicted molar refractivity (Wildman–Crippen MR) is 131 cm³/mol. The Hall–Kier alpha value is -2.95. The molecule has 0 spiro atoms. The summed E-state index contributed by atoms with van der Waals surface area (Å²) in [5, 5.41) is 3.21. The van der Waals surface area contributed by atoms with Crippen LogP contribution in [0.3, 0.4) is 0 Å². The number of nitrogens with one attached hydrogen (secondary N) is 1. The molecular weight excluding hydrogens is 412 g/mol. The molecule has 5 nitrogen and oxygen atoms in total. The van der Waals surface area contributed by atoms with Crippen molar-refractivity contribution in [1.82, 2.24) is 10.2 Å².